The van der Waals surface area contributed by atoms with Crippen molar-refractivity contribution >= 4 is 28.9 Å². The highest BCUT2D eigenvalue weighted by atomic mass is 16.2. The molecule has 5 nitrogen and oxygen atoms in total. The highest BCUT2D eigenvalue weighted by Gasteiger charge is 2.59. The summed E-state index contributed by atoms with van der Waals surface area (Å²) in [6.45, 7) is 0. The third kappa shape index (κ3) is 1.67. The van der Waals surface area contributed by atoms with Crippen LogP contribution in [0.15, 0.2) is 47.7 Å². The monoisotopic (exact) mass is 319 g/mol. The van der Waals surface area contributed by atoms with E-state index in [4.69, 9.17) is 0 Å². The van der Waals surface area contributed by atoms with E-state index in [0.29, 0.717) is 0 Å². The second-order valence-corrected chi connectivity index (χ2v) is 6.95. The Morgan fingerprint density at radius 2 is 1.75 bits per heavy atom. The van der Waals surface area contributed by atoms with Crippen LogP contribution >= 0.6 is 0 Å². The number of hydrogen-bond donors (Lipinski definition) is 0. The maximum atomic E-state index is 12.6. The van der Waals surface area contributed by atoms with E-state index in [1.165, 1.54) is 0 Å². The normalized spacial score (nSPS) is 31.1. The van der Waals surface area contributed by atoms with Crippen molar-refractivity contribution in [1.82, 2.24) is 9.58 Å². The SMILES string of the molecule is Cn1cc(/C=N\N2C(=O)[C@@H]3[C@H](C2=O)[C@H]2C=C[C@H]3C2)c2ccccc21. The van der Waals surface area contributed by atoms with Crippen molar-refractivity contribution < 1.29 is 9.59 Å². The number of rotatable bonds is 2. The van der Waals surface area contributed by atoms with Crippen LogP contribution in [0, 0.1) is 23.7 Å². The Labute approximate surface area is 139 Å². The number of aromatic nitrogens is 1. The molecular weight excluding hydrogens is 302 g/mol. The Bertz CT molecular complexity index is 909. The number of amides is 2. The maximum absolute atomic E-state index is 12.6. The van der Waals surface area contributed by atoms with Crippen LogP contribution in [-0.2, 0) is 16.6 Å². The van der Waals surface area contributed by atoms with Crippen LogP contribution in [0.4, 0.5) is 0 Å². The molecule has 1 aromatic heterocycles. The first-order valence-corrected chi connectivity index (χ1v) is 8.29. The van der Waals surface area contributed by atoms with E-state index in [9.17, 15) is 9.59 Å². The lowest BCUT2D eigenvalue weighted by Crippen LogP contribution is -2.28. The zero-order chi connectivity index (χ0) is 16.4. The fourth-order valence-corrected chi connectivity index (χ4v) is 4.60. The Hall–Kier alpha value is -2.69. The van der Waals surface area contributed by atoms with Crippen LogP contribution in [0.1, 0.15) is 12.0 Å². The van der Waals surface area contributed by atoms with Crippen LogP contribution in [-0.4, -0.2) is 27.6 Å². The summed E-state index contributed by atoms with van der Waals surface area (Å²) in [4.78, 5) is 25.3. The van der Waals surface area contributed by atoms with Gasteiger partial charge in [-0.15, -0.1) is 0 Å². The van der Waals surface area contributed by atoms with E-state index < -0.39 is 0 Å². The van der Waals surface area contributed by atoms with Crippen molar-refractivity contribution in [3.05, 3.63) is 48.2 Å². The van der Waals surface area contributed by atoms with Crippen molar-refractivity contribution in [2.24, 2.45) is 35.8 Å². The zero-order valence-electron chi connectivity index (χ0n) is 13.3. The first-order valence-electron chi connectivity index (χ1n) is 8.29. The van der Waals surface area contributed by atoms with Crippen LogP contribution in [0.5, 0.6) is 0 Å². The van der Waals surface area contributed by atoms with E-state index in [1.54, 1.807) is 6.21 Å². The molecule has 24 heavy (non-hydrogen) atoms. The largest absolute Gasteiger partial charge is 0.350 e. The van der Waals surface area contributed by atoms with Crippen LogP contribution < -0.4 is 0 Å². The van der Waals surface area contributed by atoms with Gasteiger partial charge in [0.05, 0.1) is 18.1 Å². The minimum atomic E-state index is -0.197. The van der Waals surface area contributed by atoms with Gasteiger partial charge in [-0.3, -0.25) is 9.59 Å². The highest BCUT2D eigenvalue weighted by Crippen LogP contribution is 2.52. The summed E-state index contributed by atoms with van der Waals surface area (Å²) in [5.41, 5.74) is 2.00. The van der Waals surface area contributed by atoms with Crippen molar-refractivity contribution in [2.75, 3.05) is 0 Å². The molecule has 3 aliphatic rings. The summed E-state index contributed by atoms with van der Waals surface area (Å²) in [5.74, 6) is -0.241. The summed E-state index contributed by atoms with van der Waals surface area (Å²) in [6, 6.07) is 8.01. The smallest absolute Gasteiger partial charge is 0.254 e. The van der Waals surface area contributed by atoms with Crippen LogP contribution in [0.3, 0.4) is 0 Å². The molecule has 0 N–H and O–H groups in total. The van der Waals surface area contributed by atoms with Gasteiger partial charge in [0.1, 0.15) is 0 Å². The van der Waals surface area contributed by atoms with E-state index in [0.717, 1.165) is 27.9 Å². The molecule has 5 rings (SSSR count). The first-order chi connectivity index (χ1) is 11.6. The predicted molar refractivity (Wildman–Crippen MR) is 90.1 cm³/mol. The average molecular weight is 319 g/mol. The van der Waals surface area contributed by atoms with Crippen molar-refractivity contribution in [1.29, 1.82) is 0 Å². The summed E-state index contributed by atoms with van der Waals surface area (Å²) >= 11 is 0. The first kappa shape index (κ1) is 13.7. The number of hydrazone groups is 1. The van der Waals surface area contributed by atoms with Crippen LogP contribution in [0.2, 0.25) is 0 Å². The summed E-state index contributed by atoms with van der Waals surface area (Å²) in [7, 11) is 1.97. The lowest BCUT2D eigenvalue weighted by atomic mass is 9.85. The molecule has 0 spiro atoms. The van der Waals surface area contributed by atoms with Gasteiger partial charge in [-0.05, 0) is 24.3 Å². The Kier molecular flexibility index (Phi) is 2.66. The summed E-state index contributed by atoms with van der Waals surface area (Å²) < 4.78 is 2.02. The number of carbonyl (C=O) groups excluding carboxylic acids is 2. The zero-order valence-corrected chi connectivity index (χ0v) is 13.3. The van der Waals surface area contributed by atoms with Gasteiger partial charge in [-0.2, -0.15) is 10.1 Å². The fraction of sp³-hybridized carbons (Fsp3) is 0.316. The van der Waals surface area contributed by atoms with E-state index in [2.05, 4.69) is 17.3 Å². The molecule has 2 aliphatic carbocycles. The number of fused-ring (bicyclic) bond motifs is 6. The number of aryl methyl sites for hydroxylation is 1. The Balaban J connectivity index is 1.49. The molecule has 4 atom stereocenters. The molecule has 0 radical (unpaired) electrons. The molecule has 1 aliphatic heterocycles. The minimum absolute atomic E-state index is 0.140. The third-order valence-electron chi connectivity index (χ3n) is 5.69. The highest BCUT2D eigenvalue weighted by molar-refractivity contribution is 6.07. The number of benzene rings is 1. The molecule has 0 unspecified atom stereocenters. The molecule has 2 fully saturated rings. The predicted octanol–water partition coefficient (Wildman–Crippen LogP) is 2.32. The average Bonchev–Trinajstić information content (AvgIpc) is 3.32. The molecule has 120 valence electrons. The van der Waals surface area contributed by atoms with Gasteiger partial charge in [-0.1, -0.05) is 30.4 Å². The van der Waals surface area contributed by atoms with Crippen LogP contribution in [0.25, 0.3) is 10.9 Å². The number of allylic oxidation sites excluding steroid dienone is 2. The molecule has 2 aromatic rings. The van der Waals surface area contributed by atoms with E-state index in [-0.39, 0.29) is 35.5 Å². The van der Waals surface area contributed by atoms with Crippen molar-refractivity contribution in [3.63, 3.8) is 0 Å². The molecule has 1 aromatic carbocycles. The lowest BCUT2D eigenvalue weighted by Gasteiger charge is -2.13. The number of para-hydroxylation sites is 1. The Morgan fingerprint density at radius 3 is 2.46 bits per heavy atom. The van der Waals surface area contributed by atoms with Gasteiger partial charge in [0, 0.05) is 29.7 Å². The fourth-order valence-electron chi connectivity index (χ4n) is 4.60. The summed E-state index contributed by atoms with van der Waals surface area (Å²) in [6.07, 6.45) is 8.72. The van der Waals surface area contributed by atoms with Gasteiger partial charge in [0.15, 0.2) is 0 Å². The molecule has 2 heterocycles. The second kappa shape index (κ2) is 4.66. The summed E-state index contributed by atoms with van der Waals surface area (Å²) in [5, 5.41) is 6.43. The van der Waals surface area contributed by atoms with E-state index >= 15 is 0 Å². The minimum Gasteiger partial charge on any atom is -0.350 e. The lowest BCUT2D eigenvalue weighted by molar-refractivity contribution is -0.140. The number of nitrogens with zero attached hydrogens (tertiary/aromatic N) is 3. The topological polar surface area (TPSA) is 54.7 Å². The van der Waals surface area contributed by atoms with Gasteiger partial charge >= 0.3 is 0 Å². The molecule has 2 bridgehead atoms. The van der Waals surface area contributed by atoms with Gasteiger partial charge in [-0.25, -0.2) is 0 Å². The quantitative estimate of drug-likeness (QED) is 0.484. The van der Waals surface area contributed by atoms with Gasteiger partial charge in [0.2, 0.25) is 0 Å². The Morgan fingerprint density at radius 1 is 1.08 bits per heavy atom. The molecule has 2 amide bonds. The van der Waals surface area contributed by atoms with E-state index in [1.807, 2.05) is 42.1 Å². The third-order valence-corrected chi connectivity index (χ3v) is 5.69. The standard InChI is InChI=1S/C19H17N3O2/c1-21-10-13(14-4-2-3-5-15(14)21)9-20-22-18(23)16-11-6-7-12(8-11)17(16)19(22)24/h2-7,9-12,16-17H,8H2,1H3/b20-9-/t11-,12-,16-,17+/m0/s1. The van der Waals surface area contributed by atoms with Crippen molar-refractivity contribution in [2.45, 2.75) is 6.42 Å². The number of imide groups is 1. The van der Waals surface area contributed by atoms with Crippen molar-refractivity contribution in [3.8, 4) is 0 Å². The molecule has 1 saturated carbocycles. The molecular formula is C19H17N3O2. The van der Waals surface area contributed by atoms with Gasteiger partial charge < -0.3 is 4.57 Å². The van der Waals surface area contributed by atoms with Gasteiger partial charge in [0.25, 0.3) is 11.8 Å². The number of carbonyl (C=O) groups is 2. The maximum Gasteiger partial charge on any atom is 0.254 e. The second-order valence-electron chi connectivity index (χ2n) is 6.95. The number of hydrogen-bond acceptors (Lipinski definition) is 3. The molecule has 5 heteroatoms. The molecule has 1 saturated heterocycles.